The molecule has 0 atom stereocenters. The fraction of sp³-hybridized carbons (Fsp3) is 0.214. The van der Waals surface area contributed by atoms with E-state index in [1.54, 1.807) is 20.3 Å². The lowest BCUT2D eigenvalue weighted by molar-refractivity contribution is 0.356. The van der Waals surface area contributed by atoms with Gasteiger partial charge in [0.05, 0.1) is 19.7 Å². The Morgan fingerprint density at radius 1 is 1.22 bits per heavy atom. The fourth-order valence-corrected chi connectivity index (χ4v) is 2.27. The second kappa shape index (κ2) is 4.86. The molecule has 0 saturated heterocycles. The van der Waals surface area contributed by atoms with Gasteiger partial charge in [0.2, 0.25) is 0 Å². The van der Waals surface area contributed by atoms with E-state index in [0.29, 0.717) is 16.7 Å². The third-order valence-corrected chi connectivity index (χ3v) is 3.24. The second-order valence-corrected chi connectivity index (χ2v) is 4.23. The van der Waals surface area contributed by atoms with E-state index in [1.165, 1.54) is 0 Å². The van der Waals surface area contributed by atoms with E-state index in [-0.39, 0.29) is 0 Å². The Kier molecular flexibility index (Phi) is 3.43. The average molecular weight is 264 g/mol. The van der Waals surface area contributed by atoms with Crippen LogP contribution in [0.1, 0.15) is 11.1 Å². The Morgan fingerprint density at radius 2 is 1.83 bits per heavy atom. The zero-order valence-corrected chi connectivity index (χ0v) is 11.3. The van der Waals surface area contributed by atoms with Crippen molar-refractivity contribution in [1.29, 1.82) is 0 Å². The van der Waals surface area contributed by atoms with Crippen LogP contribution in [0.4, 0.5) is 0 Å². The Labute approximate surface area is 111 Å². The van der Waals surface area contributed by atoms with Crippen molar-refractivity contribution in [2.45, 2.75) is 6.92 Å². The predicted octanol–water partition coefficient (Wildman–Crippen LogP) is 3.86. The molecule has 0 radical (unpaired) electrons. The number of benzene rings is 1. The predicted molar refractivity (Wildman–Crippen MR) is 74.7 cm³/mol. The van der Waals surface area contributed by atoms with Gasteiger partial charge in [-0.25, -0.2) is 4.98 Å². The molecule has 3 nitrogen and oxygen atoms in total. The summed E-state index contributed by atoms with van der Waals surface area (Å²) in [5.74, 6) is 1.31. The SMILES string of the molecule is C=Cc1c(Cl)nc2cc(OC)c(OC)cc2c1C. The average Bonchev–Trinajstić information content (AvgIpc) is 2.37. The first kappa shape index (κ1) is 12.7. The molecule has 0 fully saturated rings. The van der Waals surface area contributed by atoms with Crippen LogP contribution in [0.15, 0.2) is 18.7 Å². The van der Waals surface area contributed by atoms with Gasteiger partial charge in [-0.15, -0.1) is 0 Å². The highest BCUT2D eigenvalue weighted by Crippen LogP contribution is 2.35. The molecule has 18 heavy (non-hydrogen) atoms. The number of ether oxygens (including phenoxy) is 2. The van der Waals surface area contributed by atoms with Crippen molar-refractivity contribution in [2.24, 2.45) is 0 Å². The highest BCUT2D eigenvalue weighted by Gasteiger charge is 2.12. The van der Waals surface area contributed by atoms with Crippen molar-refractivity contribution in [1.82, 2.24) is 4.98 Å². The molecule has 0 unspecified atom stereocenters. The highest BCUT2D eigenvalue weighted by molar-refractivity contribution is 6.31. The molecular weight excluding hydrogens is 250 g/mol. The molecule has 0 bridgehead atoms. The standard InChI is InChI=1S/C14H14ClNO2/c1-5-9-8(2)10-6-12(17-3)13(18-4)7-11(10)16-14(9)15/h5-7H,1H2,2-4H3. The number of hydrogen-bond acceptors (Lipinski definition) is 3. The summed E-state index contributed by atoms with van der Waals surface area (Å²) >= 11 is 6.12. The van der Waals surface area contributed by atoms with E-state index in [9.17, 15) is 0 Å². The normalized spacial score (nSPS) is 10.4. The quantitative estimate of drug-likeness (QED) is 0.788. The molecule has 1 aromatic carbocycles. The summed E-state index contributed by atoms with van der Waals surface area (Å²) in [6, 6.07) is 3.72. The summed E-state index contributed by atoms with van der Waals surface area (Å²) in [7, 11) is 3.20. The van der Waals surface area contributed by atoms with Crippen molar-refractivity contribution in [2.75, 3.05) is 14.2 Å². The van der Waals surface area contributed by atoms with Crippen LogP contribution < -0.4 is 9.47 Å². The molecule has 0 aliphatic heterocycles. The molecule has 1 heterocycles. The number of halogens is 1. The van der Waals surface area contributed by atoms with Crippen LogP contribution in [0.5, 0.6) is 11.5 Å². The van der Waals surface area contributed by atoms with Crippen molar-refractivity contribution in [3.8, 4) is 11.5 Å². The largest absolute Gasteiger partial charge is 0.493 e. The molecule has 2 rings (SSSR count). The van der Waals surface area contributed by atoms with Gasteiger partial charge in [0, 0.05) is 17.0 Å². The maximum Gasteiger partial charge on any atom is 0.162 e. The summed E-state index contributed by atoms with van der Waals surface area (Å²) in [4.78, 5) is 4.35. The Morgan fingerprint density at radius 3 is 2.39 bits per heavy atom. The molecule has 4 heteroatoms. The van der Waals surface area contributed by atoms with Gasteiger partial charge in [-0.2, -0.15) is 0 Å². The number of methoxy groups -OCH3 is 2. The number of rotatable bonds is 3. The maximum absolute atomic E-state index is 6.12. The van der Waals surface area contributed by atoms with Gasteiger partial charge in [0.15, 0.2) is 11.5 Å². The lowest BCUT2D eigenvalue weighted by atomic mass is 10.0. The van der Waals surface area contributed by atoms with Gasteiger partial charge in [-0.05, 0) is 18.6 Å². The Bertz CT molecular complexity index is 623. The highest BCUT2D eigenvalue weighted by atomic mass is 35.5. The third kappa shape index (κ3) is 1.91. The summed E-state index contributed by atoms with van der Waals surface area (Å²) in [5, 5.41) is 1.43. The van der Waals surface area contributed by atoms with Crippen LogP contribution in [0.2, 0.25) is 5.15 Å². The third-order valence-electron chi connectivity index (χ3n) is 2.95. The number of nitrogens with zero attached hydrogens (tertiary/aromatic N) is 1. The number of aryl methyl sites for hydroxylation is 1. The molecule has 0 N–H and O–H groups in total. The van der Waals surface area contributed by atoms with Gasteiger partial charge in [-0.3, -0.25) is 0 Å². The van der Waals surface area contributed by atoms with Crippen LogP contribution in [0, 0.1) is 6.92 Å². The van der Waals surface area contributed by atoms with Crippen molar-refractivity contribution >= 4 is 28.6 Å². The van der Waals surface area contributed by atoms with Gasteiger partial charge in [0.25, 0.3) is 0 Å². The van der Waals surface area contributed by atoms with Gasteiger partial charge in [-0.1, -0.05) is 24.3 Å². The number of fused-ring (bicyclic) bond motifs is 1. The number of aromatic nitrogens is 1. The summed E-state index contributed by atoms with van der Waals surface area (Å²) < 4.78 is 10.5. The summed E-state index contributed by atoms with van der Waals surface area (Å²) in [6.45, 7) is 5.74. The van der Waals surface area contributed by atoms with Crippen LogP contribution >= 0.6 is 11.6 Å². The van der Waals surface area contributed by atoms with Crippen molar-refractivity contribution in [3.63, 3.8) is 0 Å². The smallest absolute Gasteiger partial charge is 0.162 e. The molecule has 0 aliphatic carbocycles. The van der Waals surface area contributed by atoms with E-state index < -0.39 is 0 Å². The molecule has 0 amide bonds. The Balaban J connectivity index is 2.85. The summed E-state index contributed by atoms with van der Waals surface area (Å²) in [5.41, 5.74) is 2.65. The molecule has 2 aromatic rings. The minimum absolute atomic E-state index is 0.446. The summed E-state index contributed by atoms with van der Waals surface area (Å²) in [6.07, 6.45) is 1.71. The molecule has 94 valence electrons. The van der Waals surface area contributed by atoms with Crippen LogP contribution in [0.3, 0.4) is 0 Å². The van der Waals surface area contributed by atoms with Gasteiger partial charge >= 0.3 is 0 Å². The first-order valence-electron chi connectivity index (χ1n) is 5.46. The molecule has 0 saturated carbocycles. The van der Waals surface area contributed by atoms with E-state index in [2.05, 4.69) is 11.6 Å². The topological polar surface area (TPSA) is 31.4 Å². The first-order chi connectivity index (χ1) is 8.62. The van der Waals surface area contributed by atoms with E-state index in [4.69, 9.17) is 21.1 Å². The molecule has 1 aromatic heterocycles. The molecule has 0 spiro atoms. The lowest BCUT2D eigenvalue weighted by Gasteiger charge is -2.12. The number of pyridine rings is 1. The molecular formula is C14H14ClNO2. The lowest BCUT2D eigenvalue weighted by Crippen LogP contribution is -1.95. The zero-order chi connectivity index (χ0) is 13.3. The Hall–Kier alpha value is -1.74. The fourth-order valence-electron chi connectivity index (χ4n) is 1.96. The van der Waals surface area contributed by atoms with Crippen molar-refractivity contribution < 1.29 is 9.47 Å². The first-order valence-corrected chi connectivity index (χ1v) is 5.84. The second-order valence-electron chi connectivity index (χ2n) is 3.87. The van der Waals surface area contributed by atoms with Gasteiger partial charge < -0.3 is 9.47 Å². The minimum atomic E-state index is 0.446. The number of hydrogen-bond donors (Lipinski definition) is 0. The van der Waals surface area contributed by atoms with Crippen molar-refractivity contribution in [3.05, 3.63) is 35.0 Å². The van der Waals surface area contributed by atoms with E-state index >= 15 is 0 Å². The minimum Gasteiger partial charge on any atom is -0.493 e. The van der Waals surface area contributed by atoms with Crippen LogP contribution in [0.25, 0.3) is 17.0 Å². The van der Waals surface area contributed by atoms with Crippen LogP contribution in [-0.2, 0) is 0 Å². The van der Waals surface area contributed by atoms with Gasteiger partial charge in [0.1, 0.15) is 5.15 Å². The van der Waals surface area contributed by atoms with Crippen LogP contribution in [-0.4, -0.2) is 19.2 Å². The van der Waals surface area contributed by atoms with E-state index in [1.807, 2.05) is 19.1 Å². The maximum atomic E-state index is 6.12. The monoisotopic (exact) mass is 263 g/mol. The van der Waals surface area contributed by atoms with E-state index in [0.717, 1.165) is 22.0 Å². The zero-order valence-electron chi connectivity index (χ0n) is 10.6. The molecule has 0 aliphatic rings.